The number of rotatable bonds is 7. The number of carbonyl (C=O) groups excluding carboxylic acids is 2. The quantitative estimate of drug-likeness (QED) is 0.249. The molecule has 1 aliphatic heterocycles. The van der Waals surface area contributed by atoms with Gasteiger partial charge in [0.15, 0.2) is 0 Å². The Hall–Kier alpha value is -4.78. The van der Waals surface area contributed by atoms with Crippen LogP contribution in [0.1, 0.15) is 42.4 Å². The number of nitrogens with zero attached hydrogens (tertiary/aromatic N) is 6. The van der Waals surface area contributed by atoms with Crippen molar-refractivity contribution >= 4 is 38.9 Å². The van der Waals surface area contributed by atoms with Gasteiger partial charge in [-0.3, -0.25) is 9.59 Å². The number of benzene rings is 3. The van der Waals surface area contributed by atoms with Crippen LogP contribution in [0.25, 0.3) is 10.1 Å². The van der Waals surface area contributed by atoms with Crippen LogP contribution in [0.4, 0.5) is 5.69 Å². The van der Waals surface area contributed by atoms with Gasteiger partial charge in [-0.25, -0.2) is 4.98 Å². The van der Waals surface area contributed by atoms with Gasteiger partial charge in [-0.05, 0) is 73.5 Å². The number of carbonyl (C=O) groups is 2. The summed E-state index contributed by atoms with van der Waals surface area (Å²) in [6.45, 7) is 6.05. The Labute approximate surface area is 255 Å². The van der Waals surface area contributed by atoms with Gasteiger partial charge in [0.1, 0.15) is 0 Å². The van der Waals surface area contributed by atoms with Gasteiger partial charge in [-0.15, -0.1) is 11.3 Å². The molecule has 216 valence electrons. The molecule has 0 saturated carbocycles. The molecular weight excluding hydrogens is 556 g/mol. The van der Waals surface area contributed by atoms with Crippen molar-refractivity contribution in [1.29, 1.82) is 5.26 Å². The number of fused-ring (bicyclic) bond motifs is 1. The van der Waals surface area contributed by atoms with Crippen LogP contribution in [0, 0.1) is 18.3 Å². The normalized spacial score (nSPS) is 13.7. The highest BCUT2D eigenvalue weighted by molar-refractivity contribution is 7.20. The van der Waals surface area contributed by atoms with E-state index in [9.17, 15) is 9.59 Å². The third-order valence-corrected chi connectivity index (χ3v) is 8.98. The van der Waals surface area contributed by atoms with Crippen LogP contribution in [0.3, 0.4) is 0 Å². The number of likely N-dealkylation sites (N-methyl/N-ethyl adjacent to an activating group) is 1. The molecule has 8 nitrogen and oxygen atoms in total. The van der Waals surface area contributed by atoms with E-state index in [1.165, 1.54) is 11.3 Å². The number of thiophene rings is 1. The predicted molar refractivity (Wildman–Crippen MR) is 169 cm³/mol. The van der Waals surface area contributed by atoms with E-state index in [-0.39, 0.29) is 11.8 Å². The first kappa shape index (κ1) is 28.3. The Balaban J connectivity index is 1.32. The first-order valence-electron chi connectivity index (χ1n) is 14.3. The molecule has 0 unspecified atom stereocenters. The van der Waals surface area contributed by atoms with Gasteiger partial charge in [0.25, 0.3) is 11.8 Å². The molecule has 0 atom stereocenters. The standard InChI is InChI=1S/C34H32N6O2S/c1-24-4-3-5-27(16-24)33(41)40(22-30-20-36-23-39(30)21-26-8-6-25(19-35)7-9-26)29-10-11-31-28(17-29)18-32(43-31)34(42)38-14-12-37(2)13-15-38/h3-11,16-18,20,23H,12-15,21-22H2,1-2H3. The predicted octanol–water partition coefficient (Wildman–Crippen LogP) is 5.56. The second kappa shape index (κ2) is 12.2. The molecule has 6 rings (SSSR count). The summed E-state index contributed by atoms with van der Waals surface area (Å²) in [6, 6.07) is 25.2. The van der Waals surface area contributed by atoms with Crippen molar-refractivity contribution in [1.82, 2.24) is 19.4 Å². The monoisotopic (exact) mass is 588 g/mol. The minimum Gasteiger partial charge on any atom is -0.335 e. The lowest BCUT2D eigenvalue weighted by Gasteiger charge is -2.32. The fourth-order valence-electron chi connectivity index (χ4n) is 5.35. The van der Waals surface area contributed by atoms with E-state index in [1.807, 2.05) is 77.1 Å². The zero-order valence-electron chi connectivity index (χ0n) is 24.2. The maximum absolute atomic E-state index is 14.0. The Morgan fingerprint density at radius 2 is 1.79 bits per heavy atom. The SMILES string of the molecule is Cc1cccc(C(=O)N(Cc2cncn2Cc2ccc(C#N)cc2)c2ccc3sc(C(=O)N4CCN(C)CC4)cc3c2)c1. The largest absolute Gasteiger partial charge is 0.335 e. The topological polar surface area (TPSA) is 85.5 Å². The molecule has 5 aromatic rings. The van der Waals surface area contributed by atoms with Crippen molar-refractivity contribution in [2.45, 2.75) is 20.0 Å². The second-order valence-electron chi connectivity index (χ2n) is 11.0. The molecule has 1 saturated heterocycles. The summed E-state index contributed by atoms with van der Waals surface area (Å²) >= 11 is 1.50. The van der Waals surface area contributed by atoms with E-state index in [4.69, 9.17) is 5.26 Å². The summed E-state index contributed by atoms with van der Waals surface area (Å²) in [7, 11) is 2.08. The van der Waals surface area contributed by atoms with Crippen LogP contribution in [-0.4, -0.2) is 64.4 Å². The third kappa shape index (κ3) is 6.21. The summed E-state index contributed by atoms with van der Waals surface area (Å²) in [5.41, 5.74) is 4.89. The molecule has 9 heteroatoms. The Bertz CT molecular complexity index is 1830. The fourth-order valence-corrected chi connectivity index (χ4v) is 6.36. The number of anilines is 1. The zero-order chi connectivity index (χ0) is 29.9. The van der Waals surface area contributed by atoms with Crippen molar-refractivity contribution in [2.75, 3.05) is 38.1 Å². The Kier molecular flexibility index (Phi) is 8.05. The molecule has 0 N–H and O–H groups in total. The average Bonchev–Trinajstić information content (AvgIpc) is 3.66. The van der Waals surface area contributed by atoms with E-state index in [1.54, 1.807) is 29.6 Å². The molecule has 3 heterocycles. The van der Waals surface area contributed by atoms with E-state index < -0.39 is 0 Å². The molecule has 0 bridgehead atoms. The summed E-state index contributed by atoms with van der Waals surface area (Å²) < 4.78 is 3.03. The smallest absolute Gasteiger partial charge is 0.264 e. The lowest BCUT2D eigenvalue weighted by molar-refractivity contribution is 0.0669. The van der Waals surface area contributed by atoms with Crippen molar-refractivity contribution in [2.24, 2.45) is 0 Å². The molecular formula is C34H32N6O2S. The minimum atomic E-state index is -0.113. The van der Waals surface area contributed by atoms with Gasteiger partial charge in [0, 0.05) is 54.9 Å². The van der Waals surface area contributed by atoms with Crippen LogP contribution < -0.4 is 4.90 Å². The molecule has 2 amide bonds. The van der Waals surface area contributed by atoms with E-state index in [0.717, 1.165) is 58.8 Å². The van der Waals surface area contributed by atoms with Gasteiger partial charge in [0.05, 0.1) is 35.1 Å². The highest BCUT2D eigenvalue weighted by Gasteiger charge is 2.24. The number of piperazine rings is 1. The molecule has 2 aromatic heterocycles. The molecule has 1 fully saturated rings. The van der Waals surface area contributed by atoms with Crippen LogP contribution in [0.5, 0.6) is 0 Å². The van der Waals surface area contributed by atoms with E-state index >= 15 is 0 Å². The maximum Gasteiger partial charge on any atom is 0.264 e. The molecule has 0 radical (unpaired) electrons. The number of imidazole rings is 1. The number of hydrogen-bond donors (Lipinski definition) is 0. The number of nitriles is 1. The summed E-state index contributed by atoms with van der Waals surface area (Å²) in [4.78, 5) is 38.4. The lowest BCUT2D eigenvalue weighted by atomic mass is 10.1. The number of aryl methyl sites for hydroxylation is 1. The highest BCUT2D eigenvalue weighted by atomic mass is 32.1. The Morgan fingerprint density at radius 3 is 2.53 bits per heavy atom. The van der Waals surface area contributed by atoms with Crippen LogP contribution >= 0.6 is 11.3 Å². The van der Waals surface area contributed by atoms with Gasteiger partial charge in [0.2, 0.25) is 0 Å². The van der Waals surface area contributed by atoms with E-state index in [2.05, 4.69) is 23.0 Å². The first-order valence-corrected chi connectivity index (χ1v) is 15.1. The highest BCUT2D eigenvalue weighted by Crippen LogP contribution is 2.32. The average molecular weight is 589 g/mol. The first-order chi connectivity index (χ1) is 20.9. The zero-order valence-corrected chi connectivity index (χ0v) is 25.1. The van der Waals surface area contributed by atoms with Gasteiger partial charge in [-0.1, -0.05) is 29.8 Å². The van der Waals surface area contributed by atoms with Crippen molar-refractivity contribution < 1.29 is 9.59 Å². The summed E-state index contributed by atoms with van der Waals surface area (Å²) in [5, 5.41) is 10.1. The van der Waals surface area contributed by atoms with Gasteiger partial charge < -0.3 is 19.3 Å². The molecule has 0 spiro atoms. The van der Waals surface area contributed by atoms with Gasteiger partial charge in [-0.2, -0.15) is 5.26 Å². The number of aromatic nitrogens is 2. The number of hydrogen-bond acceptors (Lipinski definition) is 6. The Morgan fingerprint density at radius 1 is 1.00 bits per heavy atom. The van der Waals surface area contributed by atoms with Crippen LogP contribution in [0.2, 0.25) is 0 Å². The van der Waals surface area contributed by atoms with Gasteiger partial charge >= 0.3 is 0 Å². The number of amides is 2. The lowest BCUT2D eigenvalue weighted by Crippen LogP contribution is -2.46. The third-order valence-electron chi connectivity index (χ3n) is 7.88. The van der Waals surface area contributed by atoms with E-state index in [0.29, 0.717) is 29.1 Å². The summed E-state index contributed by atoms with van der Waals surface area (Å²) in [5.74, 6) is -0.0478. The van der Waals surface area contributed by atoms with Crippen molar-refractivity contribution in [3.8, 4) is 6.07 Å². The van der Waals surface area contributed by atoms with Crippen LogP contribution in [0.15, 0.2) is 85.3 Å². The fraction of sp³-hybridized carbons (Fsp3) is 0.235. The van der Waals surface area contributed by atoms with Crippen LogP contribution in [-0.2, 0) is 13.1 Å². The second-order valence-corrected chi connectivity index (χ2v) is 12.1. The van der Waals surface area contributed by atoms with Crippen molar-refractivity contribution in [3.63, 3.8) is 0 Å². The molecule has 1 aliphatic rings. The molecule has 43 heavy (non-hydrogen) atoms. The summed E-state index contributed by atoms with van der Waals surface area (Å²) in [6.07, 6.45) is 3.55. The minimum absolute atomic E-state index is 0.0650. The molecule has 0 aliphatic carbocycles. The molecule has 3 aromatic carbocycles. The maximum atomic E-state index is 14.0. The van der Waals surface area contributed by atoms with Crippen molar-refractivity contribution in [3.05, 3.63) is 118 Å².